The number of ether oxygens (including phenoxy) is 2. The number of fused-ring (bicyclic) bond motifs is 1. The molecule has 0 radical (unpaired) electrons. The van der Waals surface area contributed by atoms with E-state index in [2.05, 4.69) is 23.8 Å². The first-order valence-electron chi connectivity index (χ1n) is 9.62. The van der Waals surface area contributed by atoms with Gasteiger partial charge in [-0.15, -0.1) is 22.7 Å². The highest BCUT2D eigenvalue weighted by molar-refractivity contribution is 7.16. The van der Waals surface area contributed by atoms with Crippen molar-refractivity contribution in [3.63, 3.8) is 0 Å². The lowest BCUT2D eigenvalue weighted by atomic mass is 9.94. The number of hydrogen-bond acceptors (Lipinski definition) is 7. The summed E-state index contributed by atoms with van der Waals surface area (Å²) in [6.45, 7) is 5.28. The Morgan fingerprint density at radius 2 is 1.65 bits per heavy atom. The van der Waals surface area contributed by atoms with Crippen molar-refractivity contribution in [1.82, 2.24) is 9.97 Å². The minimum absolute atomic E-state index is 0.0888. The van der Waals surface area contributed by atoms with Crippen LogP contribution in [0.1, 0.15) is 23.6 Å². The first-order chi connectivity index (χ1) is 14.8. The third-order valence-corrected chi connectivity index (χ3v) is 7.20. The van der Waals surface area contributed by atoms with Crippen LogP contribution in [-0.2, 0) is 15.3 Å². The van der Waals surface area contributed by atoms with E-state index in [0.29, 0.717) is 18.9 Å². The quantitative estimate of drug-likeness (QED) is 0.435. The summed E-state index contributed by atoms with van der Waals surface area (Å²) in [5.41, 5.74) is 6.87. The number of nitrogens with zero attached hydrogens (tertiary/aromatic N) is 2. The zero-order valence-electron chi connectivity index (χ0n) is 16.8. The molecule has 1 aliphatic rings. The maximum atomic E-state index is 13.7. The average molecular weight is 460 g/mol. The van der Waals surface area contributed by atoms with Gasteiger partial charge in [-0.25, -0.2) is 18.7 Å². The molecule has 5 nitrogen and oxygen atoms in total. The summed E-state index contributed by atoms with van der Waals surface area (Å²) in [7, 11) is 0. The van der Waals surface area contributed by atoms with E-state index < -0.39 is 17.4 Å². The highest BCUT2D eigenvalue weighted by atomic mass is 32.1. The Hall–Kier alpha value is -2.46. The first kappa shape index (κ1) is 20.4. The summed E-state index contributed by atoms with van der Waals surface area (Å²) in [5, 5.41) is 1.98. The molecule has 1 saturated heterocycles. The van der Waals surface area contributed by atoms with Gasteiger partial charge in [0, 0.05) is 17.5 Å². The molecular formula is C22H19F2N3O2S2. The molecule has 0 aliphatic carbocycles. The molecule has 5 rings (SSSR count). The highest BCUT2D eigenvalue weighted by Crippen LogP contribution is 2.47. The van der Waals surface area contributed by atoms with Gasteiger partial charge in [0.15, 0.2) is 17.5 Å². The smallest absolute Gasteiger partial charge is 0.241 e. The fraction of sp³-hybridized carbons (Fsp3) is 0.273. The SMILES string of the molecule is CC1(C)COC(c2cccs2)(c2ccc(-c3nc4cc(F)c(F)cc4nc3N)s2)OC1. The van der Waals surface area contributed by atoms with E-state index in [4.69, 9.17) is 15.2 Å². The lowest BCUT2D eigenvalue weighted by Gasteiger charge is -2.42. The molecular weight excluding hydrogens is 440 g/mol. The standard InChI is InChI=1S/C22H19F2N3O2S2/c1-21(2)10-28-22(29-11-21,17-4-3-7-30-17)18-6-5-16(31-18)19-20(25)27-15-9-13(24)12(23)8-14(15)26-19/h3-9H,10-11H2,1-2H3,(H2,25,27). The summed E-state index contributed by atoms with van der Waals surface area (Å²) in [6, 6.07) is 9.77. The van der Waals surface area contributed by atoms with Crippen molar-refractivity contribution in [2.45, 2.75) is 19.6 Å². The number of anilines is 1. The predicted molar refractivity (Wildman–Crippen MR) is 118 cm³/mol. The van der Waals surface area contributed by atoms with Gasteiger partial charge in [0.05, 0.1) is 38.9 Å². The van der Waals surface area contributed by atoms with Crippen LogP contribution < -0.4 is 5.73 Å². The van der Waals surface area contributed by atoms with Crippen molar-refractivity contribution >= 4 is 39.5 Å². The zero-order valence-corrected chi connectivity index (χ0v) is 18.4. The minimum Gasteiger partial charge on any atom is -0.382 e. The maximum Gasteiger partial charge on any atom is 0.241 e. The molecule has 2 N–H and O–H groups in total. The molecule has 9 heteroatoms. The highest BCUT2D eigenvalue weighted by Gasteiger charge is 2.45. The van der Waals surface area contributed by atoms with E-state index >= 15 is 0 Å². The van der Waals surface area contributed by atoms with Gasteiger partial charge in [0.2, 0.25) is 5.79 Å². The number of benzene rings is 1. The van der Waals surface area contributed by atoms with E-state index in [-0.39, 0.29) is 22.3 Å². The third-order valence-electron chi connectivity index (χ3n) is 5.07. The molecule has 4 aromatic rings. The van der Waals surface area contributed by atoms with Crippen molar-refractivity contribution in [3.8, 4) is 10.6 Å². The number of aromatic nitrogens is 2. The molecule has 1 aliphatic heterocycles. The molecule has 1 aromatic carbocycles. The van der Waals surface area contributed by atoms with Gasteiger partial charge < -0.3 is 15.2 Å². The normalized spacial score (nSPS) is 17.8. The van der Waals surface area contributed by atoms with E-state index in [0.717, 1.165) is 26.8 Å². The van der Waals surface area contributed by atoms with Crippen molar-refractivity contribution in [1.29, 1.82) is 0 Å². The number of nitrogen functional groups attached to an aromatic ring is 1. The van der Waals surface area contributed by atoms with Gasteiger partial charge >= 0.3 is 0 Å². The first-order valence-corrected chi connectivity index (χ1v) is 11.3. The Kier molecular flexibility index (Phi) is 4.82. The van der Waals surface area contributed by atoms with Crippen LogP contribution in [0.4, 0.5) is 14.6 Å². The third kappa shape index (κ3) is 3.51. The van der Waals surface area contributed by atoms with E-state index in [9.17, 15) is 8.78 Å². The zero-order chi connectivity index (χ0) is 21.8. The van der Waals surface area contributed by atoms with Crippen molar-refractivity contribution in [2.24, 2.45) is 5.41 Å². The number of halogens is 2. The van der Waals surface area contributed by atoms with Crippen LogP contribution in [-0.4, -0.2) is 23.2 Å². The van der Waals surface area contributed by atoms with E-state index in [1.807, 2.05) is 29.6 Å². The molecule has 0 unspecified atom stereocenters. The molecule has 3 aromatic heterocycles. The number of hydrogen-bond donors (Lipinski definition) is 1. The van der Waals surface area contributed by atoms with Crippen LogP contribution in [0, 0.1) is 17.0 Å². The fourth-order valence-corrected chi connectivity index (χ4v) is 5.46. The molecule has 0 saturated carbocycles. The van der Waals surface area contributed by atoms with Crippen molar-refractivity contribution in [3.05, 3.63) is 63.2 Å². The Bertz CT molecular complexity index is 1260. The maximum absolute atomic E-state index is 13.7. The minimum atomic E-state index is -0.999. The Labute approximate surface area is 185 Å². The van der Waals surface area contributed by atoms with Crippen LogP contribution in [0.5, 0.6) is 0 Å². The van der Waals surface area contributed by atoms with Crippen LogP contribution >= 0.6 is 22.7 Å². The molecule has 1 fully saturated rings. The van der Waals surface area contributed by atoms with Crippen molar-refractivity contribution in [2.75, 3.05) is 18.9 Å². The van der Waals surface area contributed by atoms with Gasteiger partial charge in [-0.1, -0.05) is 19.9 Å². The van der Waals surface area contributed by atoms with E-state index in [1.54, 1.807) is 11.3 Å². The Morgan fingerprint density at radius 3 is 2.29 bits per heavy atom. The second-order valence-electron chi connectivity index (χ2n) is 8.21. The Balaban J connectivity index is 1.59. The molecule has 160 valence electrons. The monoisotopic (exact) mass is 459 g/mol. The van der Waals surface area contributed by atoms with Gasteiger partial charge in [-0.2, -0.15) is 0 Å². The molecule has 0 spiro atoms. The van der Waals surface area contributed by atoms with Crippen LogP contribution in [0.3, 0.4) is 0 Å². The summed E-state index contributed by atoms with van der Waals surface area (Å²) >= 11 is 2.99. The average Bonchev–Trinajstić information content (AvgIpc) is 3.42. The van der Waals surface area contributed by atoms with Gasteiger partial charge in [-0.3, -0.25) is 0 Å². The lowest BCUT2D eigenvalue weighted by Crippen LogP contribution is -2.45. The van der Waals surface area contributed by atoms with E-state index in [1.165, 1.54) is 11.3 Å². The molecule has 31 heavy (non-hydrogen) atoms. The molecule has 4 heterocycles. The van der Waals surface area contributed by atoms with Gasteiger partial charge in [0.1, 0.15) is 5.69 Å². The van der Waals surface area contributed by atoms with Crippen LogP contribution in [0.2, 0.25) is 0 Å². The fourth-order valence-electron chi connectivity index (χ4n) is 3.44. The molecule has 0 atom stereocenters. The summed E-state index contributed by atoms with van der Waals surface area (Å²) in [5.74, 6) is -2.82. The number of nitrogens with two attached hydrogens (primary N) is 1. The van der Waals surface area contributed by atoms with Crippen LogP contribution in [0.25, 0.3) is 21.6 Å². The second-order valence-corrected chi connectivity index (χ2v) is 10.2. The predicted octanol–water partition coefficient (Wildman–Crippen LogP) is 5.55. The van der Waals surface area contributed by atoms with Gasteiger partial charge in [-0.05, 0) is 23.6 Å². The van der Waals surface area contributed by atoms with Crippen molar-refractivity contribution < 1.29 is 18.3 Å². The second kappa shape index (κ2) is 7.30. The van der Waals surface area contributed by atoms with Crippen LogP contribution in [0.15, 0.2) is 41.8 Å². The summed E-state index contributed by atoms with van der Waals surface area (Å²) in [4.78, 5) is 11.2. The molecule has 0 bridgehead atoms. The number of thiophene rings is 2. The Morgan fingerprint density at radius 1 is 0.968 bits per heavy atom. The van der Waals surface area contributed by atoms with Gasteiger partial charge in [0.25, 0.3) is 0 Å². The summed E-state index contributed by atoms with van der Waals surface area (Å²) < 4.78 is 39.9. The topological polar surface area (TPSA) is 70.3 Å². The lowest BCUT2D eigenvalue weighted by molar-refractivity contribution is -0.280. The largest absolute Gasteiger partial charge is 0.382 e. The number of rotatable bonds is 3. The summed E-state index contributed by atoms with van der Waals surface area (Å²) in [6.07, 6.45) is 0. The molecule has 0 amide bonds.